The van der Waals surface area contributed by atoms with Gasteiger partial charge in [0, 0.05) is 17.8 Å². The van der Waals surface area contributed by atoms with Crippen LogP contribution in [0, 0.1) is 5.41 Å². The van der Waals surface area contributed by atoms with Crippen molar-refractivity contribution in [2.75, 3.05) is 12.4 Å². The van der Waals surface area contributed by atoms with Crippen molar-refractivity contribution < 1.29 is 4.79 Å². The van der Waals surface area contributed by atoms with E-state index in [1.54, 1.807) is 6.07 Å². The minimum absolute atomic E-state index is 0.117. The molecule has 1 N–H and O–H groups in total. The standard InChI is InChI=1S/C15H17ClN2O/c1-15(2,9-16)10-17-14(19)13-8-7-11-5-3-4-6-12(11)18-13/h3-8H,9-10H2,1-2H3,(H,17,19). The molecule has 1 aromatic heterocycles. The van der Waals surface area contributed by atoms with Crippen molar-refractivity contribution >= 4 is 28.4 Å². The number of pyridine rings is 1. The molecule has 0 unspecified atom stereocenters. The van der Waals surface area contributed by atoms with Gasteiger partial charge in [0.25, 0.3) is 5.91 Å². The van der Waals surface area contributed by atoms with Crippen LogP contribution in [0.5, 0.6) is 0 Å². The number of halogens is 1. The second-order valence-corrected chi connectivity index (χ2v) is 5.64. The number of nitrogens with one attached hydrogen (secondary N) is 1. The first-order valence-corrected chi connectivity index (χ1v) is 6.75. The summed E-state index contributed by atoms with van der Waals surface area (Å²) in [5.74, 6) is 0.335. The Hall–Kier alpha value is -1.61. The van der Waals surface area contributed by atoms with Crippen LogP contribution in [0.3, 0.4) is 0 Å². The molecule has 1 heterocycles. The Morgan fingerprint density at radius 2 is 2.00 bits per heavy atom. The fourth-order valence-electron chi connectivity index (χ4n) is 1.65. The van der Waals surface area contributed by atoms with Crippen LogP contribution in [0.1, 0.15) is 24.3 Å². The Kier molecular flexibility index (Phi) is 4.05. The van der Waals surface area contributed by atoms with Gasteiger partial charge in [-0.2, -0.15) is 0 Å². The number of hydrogen-bond acceptors (Lipinski definition) is 2. The monoisotopic (exact) mass is 276 g/mol. The van der Waals surface area contributed by atoms with E-state index in [1.165, 1.54) is 0 Å². The number of benzene rings is 1. The first-order chi connectivity index (χ1) is 9.02. The Balaban J connectivity index is 2.13. The third-order valence-electron chi connectivity index (χ3n) is 2.92. The van der Waals surface area contributed by atoms with Crippen LogP contribution in [0.4, 0.5) is 0 Å². The van der Waals surface area contributed by atoms with Gasteiger partial charge in [0.2, 0.25) is 0 Å². The van der Waals surface area contributed by atoms with Crippen LogP contribution < -0.4 is 5.32 Å². The van der Waals surface area contributed by atoms with Crippen LogP contribution in [-0.4, -0.2) is 23.3 Å². The Bertz CT molecular complexity index is 595. The summed E-state index contributed by atoms with van der Waals surface area (Å²) in [7, 11) is 0. The normalized spacial score (nSPS) is 11.5. The number of fused-ring (bicyclic) bond motifs is 1. The molecule has 1 amide bonds. The highest BCUT2D eigenvalue weighted by atomic mass is 35.5. The smallest absolute Gasteiger partial charge is 0.269 e. The third kappa shape index (κ3) is 3.44. The SMILES string of the molecule is CC(C)(CCl)CNC(=O)c1ccc2ccccc2n1. The van der Waals surface area contributed by atoms with E-state index in [-0.39, 0.29) is 11.3 Å². The molecule has 0 saturated carbocycles. The molecule has 0 saturated heterocycles. The molecule has 0 aliphatic rings. The Morgan fingerprint density at radius 3 is 2.74 bits per heavy atom. The topological polar surface area (TPSA) is 42.0 Å². The largest absolute Gasteiger partial charge is 0.350 e. The van der Waals surface area contributed by atoms with Gasteiger partial charge in [-0.15, -0.1) is 11.6 Å². The van der Waals surface area contributed by atoms with Crippen molar-refractivity contribution in [3.63, 3.8) is 0 Å². The molecule has 0 fully saturated rings. The lowest BCUT2D eigenvalue weighted by Crippen LogP contribution is -2.35. The fourth-order valence-corrected chi connectivity index (χ4v) is 1.74. The van der Waals surface area contributed by atoms with Gasteiger partial charge in [-0.3, -0.25) is 4.79 Å². The lowest BCUT2D eigenvalue weighted by molar-refractivity contribution is 0.0935. The quantitative estimate of drug-likeness (QED) is 0.871. The lowest BCUT2D eigenvalue weighted by atomic mass is 9.96. The maximum atomic E-state index is 12.0. The number of carbonyl (C=O) groups excluding carboxylic acids is 1. The van der Waals surface area contributed by atoms with E-state index in [4.69, 9.17) is 11.6 Å². The van der Waals surface area contributed by atoms with Gasteiger partial charge in [-0.25, -0.2) is 4.98 Å². The first kappa shape index (κ1) is 13.8. The minimum atomic E-state index is -0.163. The van der Waals surface area contributed by atoms with Gasteiger partial charge in [-0.05, 0) is 17.5 Å². The lowest BCUT2D eigenvalue weighted by Gasteiger charge is -2.21. The molecule has 0 bridgehead atoms. The average molecular weight is 277 g/mol. The molecular weight excluding hydrogens is 260 g/mol. The summed E-state index contributed by atoms with van der Waals surface area (Å²) in [6, 6.07) is 11.4. The van der Waals surface area contributed by atoms with Gasteiger partial charge in [-0.1, -0.05) is 38.1 Å². The first-order valence-electron chi connectivity index (χ1n) is 6.22. The molecule has 3 nitrogen and oxygen atoms in total. The molecule has 0 radical (unpaired) electrons. The summed E-state index contributed by atoms with van der Waals surface area (Å²) < 4.78 is 0. The van der Waals surface area contributed by atoms with E-state index in [0.717, 1.165) is 10.9 Å². The van der Waals surface area contributed by atoms with Gasteiger partial charge in [0.05, 0.1) is 5.52 Å². The van der Waals surface area contributed by atoms with Gasteiger partial charge in [0.15, 0.2) is 0 Å². The van der Waals surface area contributed by atoms with Crippen LogP contribution in [0.2, 0.25) is 0 Å². The molecule has 0 aliphatic carbocycles. The molecule has 19 heavy (non-hydrogen) atoms. The van der Waals surface area contributed by atoms with Crippen molar-refractivity contribution in [2.24, 2.45) is 5.41 Å². The summed E-state index contributed by atoms with van der Waals surface area (Å²) in [5, 5.41) is 3.90. The summed E-state index contributed by atoms with van der Waals surface area (Å²) in [6.45, 7) is 4.55. The van der Waals surface area contributed by atoms with E-state index in [2.05, 4.69) is 10.3 Å². The molecule has 1 aromatic carbocycles. The number of carbonyl (C=O) groups is 1. The Morgan fingerprint density at radius 1 is 1.26 bits per heavy atom. The number of aromatic nitrogens is 1. The number of rotatable bonds is 4. The molecular formula is C15H17ClN2O. The zero-order chi connectivity index (χ0) is 13.9. The van der Waals surface area contributed by atoms with Crippen LogP contribution in [-0.2, 0) is 0 Å². The van der Waals surface area contributed by atoms with Gasteiger partial charge < -0.3 is 5.32 Å². The van der Waals surface area contributed by atoms with Crippen LogP contribution >= 0.6 is 11.6 Å². The van der Waals surface area contributed by atoms with Crippen molar-refractivity contribution in [3.8, 4) is 0 Å². The van der Waals surface area contributed by atoms with Gasteiger partial charge in [0.1, 0.15) is 5.69 Å². The van der Waals surface area contributed by atoms with E-state index in [0.29, 0.717) is 18.1 Å². The summed E-state index contributed by atoms with van der Waals surface area (Å²) in [4.78, 5) is 16.4. The molecule has 2 aromatic rings. The maximum Gasteiger partial charge on any atom is 0.269 e. The predicted octanol–water partition coefficient (Wildman–Crippen LogP) is 3.23. The van der Waals surface area contributed by atoms with E-state index in [1.807, 2.05) is 44.2 Å². The second kappa shape index (κ2) is 5.57. The molecule has 0 spiro atoms. The van der Waals surface area contributed by atoms with Crippen LogP contribution in [0.25, 0.3) is 10.9 Å². The van der Waals surface area contributed by atoms with Crippen molar-refractivity contribution in [1.29, 1.82) is 0 Å². The highest BCUT2D eigenvalue weighted by Gasteiger charge is 2.18. The number of amides is 1. The minimum Gasteiger partial charge on any atom is -0.350 e. The number of para-hydroxylation sites is 1. The number of nitrogens with zero attached hydrogens (tertiary/aromatic N) is 1. The van der Waals surface area contributed by atoms with Crippen molar-refractivity contribution in [2.45, 2.75) is 13.8 Å². The van der Waals surface area contributed by atoms with Crippen LogP contribution in [0.15, 0.2) is 36.4 Å². The number of hydrogen-bond donors (Lipinski definition) is 1. The van der Waals surface area contributed by atoms with Crippen molar-refractivity contribution in [3.05, 3.63) is 42.1 Å². The molecule has 100 valence electrons. The summed E-state index contributed by atoms with van der Waals surface area (Å²) in [6.07, 6.45) is 0. The average Bonchev–Trinajstić information content (AvgIpc) is 2.44. The summed E-state index contributed by atoms with van der Waals surface area (Å²) >= 11 is 5.83. The number of alkyl halides is 1. The zero-order valence-electron chi connectivity index (χ0n) is 11.1. The Labute approximate surface area is 118 Å². The van der Waals surface area contributed by atoms with Crippen molar-refractivity contribution in [1.82, 2.24) is 10.3 Å². The fraction of sp³-hybridized carbons (Fsp3) is 0.333. The zero-order valence-corrected chi connectivity index (χ0v) is 11.9. The highest BCUT2D eigenvalue weighted by Crippen LogP contribution is 2.16. The highest BCUT2D eigenvalue weighted by molar-refractivity contribution is 6.18. The molecule has 0 aliphatic heterocycles. The van der Waals surface area contributed by atoms with E-state index < -0.39 is 0 Å². The van der Waals surface area contributed by atoms with E-state index >= 15 is 0 Å². The maximum absolute atomic E-state index is 12.0. The third-order valence-corrected chi connectivity index (χ3v) is 3.64. The summed E-state index contributed by atoms with van der Waals surface area (Å²) in [5.41, 5.74) is 1.14. The second-order valence-electron chi connectivity index (χ2n) is 5.37. The molecule has 2 rings (SSSR count). The molecule has 0 atom stereocenters. The molecule has 4 heteroatoms. The van der Waals surface area contributed by atoms with Gasteiger partial charge >= 0.3 is 0 Å². The predicted molar refractivity (Wildman–Crippen MR) is 78.6 cm³/mol. The van der Waals surface area contributed by atoms with E-state index in [9.17, 15) is 4.79 Å².